The molecule has 1 N–H and O–H groups in total. The van der Waals surface area contributed by atoms with E-state index in [0.717, 1.165) is 30.4 Å². The van der Waals surface area contributed by atoms with Crippen LogP contribution in [0.1, 0.15) is 36.3 Å². The van der Waals surface area contributed by atoms with Gasteiger partial charge in [-0.3, -0.25) is 4.57 Å². The molecule has 2 aromatic carbocycles. The summed E-state index contributed by atoms with van der Waals surface area (Å²) < 4.78 is 14.6. The van der Waals surface area contributed by atoms with E-state index in [4.69, 9.17) is 11.6 Å². The highest BCUT2D eigenvalue weighted by Gasteiger charge is 2.26. The van der Waals surface area contributed by atoms with Gasteiger partial charge in [0.25, 0.3) is 0 Å². The lowest BCUT2D eigenvalue weighted by Crippen LogP contribution is -2.27. The smallest absolute Gasteiger partial charge is 0.351 e. The van der Waals surface area contributed by atoms with Crippen molar-refractivity contribution in [1.29, 1.82) is 0 Å². The second kappa shape index (κ2) is 8.10. The summed E-state index contributed by atoms with van der Waals surface area (Å²) in [6.07, 6.45) is 4.39. The van der Waals surface area contributed by atoms with Crippen LogP contribution < -0.4 is 11.0 Å². The fourth-order valence-electron chi connectivity index (χ4n) is 3.65. The average molecular weight is 399 g/mol. The Morgan fingerprint density at radius 2 is 1.86 bits per heavy atom. The van der Waals surface area contributed by atoms with E-state index in [1.165, 1.54) is 23.0 Å². The summed E-state index contributed by atoms with van der Waals surface area (Å²) in [5.41, 5.74) is 1.75. The predicted molar refractivity (Wildman–Crippen MR) is 107 cm³/mol. The maximum absolute atomic E-state index is 13.1. The maximum atomic E-state index is 13.1. The standard InChI is InChI=1S/C21H20ClFN4O/c22-17-6-1-14(2-7-17)12-27-13-24-20(26-21(27)28)25-19-10-5-16(11-19)15-3-8-18(23)9-4-15/h1-4,6-9,13,16,19H,5,10-12H2,(H,25,26,28). The molecule has 0 saturated heterocycles. The first kappa shape index (κ1) is 18.6. The van der Waals surface area contributed by atoms with E-state index in [9.17, 15) is 9.18 Å². The van der Waals surface area contributed by atoms with Gasteiger partial charge in [-0.15, -0.1) is 0 Å². The third-order valence-corrected chi connectivity index (χ3v) is 5.39. The number of benzene rings is 2. The molecule has 7 heteroatoms. The minimum atomic E-state index is -0.347. The molecule has 2 unspecified atom stereocenters. The molecule has 0 radical (unpaired) electrons. The molecule has 28 heavy (non-hydrogen) atoms. The second-order valence-corrected chi connectivity index (χ2v) is 7.56. The Morgan fingerprint density at radius 3 is 2.57 bits per heavy atom. The minimum Gasteiger partial charge on any atom is -0.351 e. The van der Waals surface area contributed by atoms with Crippen LogP contribution >= 0.6 is 11.6 Å². The van der Waals surface area contributed by atoms with Crippen LogP contribution in [0, 0.1) is 5.82 Å². The Balaban J connectivity index is 1.39. The van der Waals surface area contributed by atoms with Gasteiger partial charge in [0.05, 0.1) is 6.54 Å². The van der Waals surface area contributed by atoms with Gasteiger partial charge in [-0.25, -0.2) is 14.2 Å². The lowest BCUT2D eigenvalue weighted by Gasteiger charge is -2.14. The van der Waals surface area contributed by atoms with Crippen LogP contribution in [0.25, 0.3) is 0 Å². The van der Waals surface area contributed by atoms with Crippen molar-refractivity contribution in [1.82, 2.24) is 14.5 Å². The number of nitrogens with one attached hydrogen (secondary N) is 1. The number of halogens is 2. The van der Waals surface area contributed by atoms with E-state index < -0.39 is 0 Å². The van der Waals surface area contributed by atoms with Gasteiger partial charge in [0, 0.05) is 11.1 Å². The Bertz CT molecular complexity index is 1000. The van der Waals surface area contributed by atoms with Gasteiger partial charge in [-0.2, -0.15) is 4.98 Å². The number of hydrogen-bond acceptors (Lipinski definition) is 4. The first-order valence-corrected chi connectivity index (χ1v) is 9.64. The summed E-state index contributed by atoms with van der Waals surface area (Å²) in [7, 11) is 0. The number of hydrogen-bond donors (Lipinski definition) is 1. The zero-order valence-corrected chi connectivity index (χ0v) is 15.9. The average Bonchev–Trinajstić information content (AvgIpc) is 3.15. The molecule has 0 aliphatic heterocycles. The van der Waals surface area contributed by atoms with Crippen LogP contribution in [0.15, 0.2) is 59.7 Å². The predicted octanol–water partition coefficient (Wildman–Crippen LogP) is 4.23. The van der Waals surface area contributed by atoms with E-state index in [1.54, 1.807) is 12.1 Å². The van der Waals surface area contributed by atoms with E-state index in [2.05, 4.69) is 15.3 Å². The summed E-state index contributed by atoms with van der Waals surface area (Å²) in [6.45, 7) is 0.395. The molecule has 0 amide bonds. The Labute approximate surface area is 167 Å². The van der Waals surface area contributed by atoms with E-state index >= 15 is 0 Å². The molecule has 3 aromatic rings. The number of rotatable bonds is 5. The van der Waals surface area contributed by atoms with Crippen molar-refractivity contribution in [2.45, 2.75) is 37.8 Å². The third kappa shape index (κ3) is 4.39. The topological polar surface area (TPSA) is 59.8 Å². The van der Waals surface area contributed by atoms with E-state index in [0.29, 0.717) is 23.4 Å². The highest BCUT2D eigenvalue weighted by Crippen LogP contribution is 2.35. The van der Waals surface area contributed by atoms with Crippen LogP contribution in [-0.2, 0) is 6.54 Å². The third-order valence-electron chi connectivity index (χ3n) is 5.14. The van der Waals surface area contributed by atoms with Gasteiger partial charge < -0.3 is 5.32 Å². The van der Waals surface area contributed by atoms with Crippen LogP contribution in [0.2, 0.25) is 5.02 Å². The fourth-order valence-corrected chi connectivity index (χ4v) is 3.78. The molecule has 1 heterocycles. The summed E-state index contributed by atoms with van der Waals surface area (Å²) >= 11 is 5.89. The molecule has 144 valence electrons. The molecule has 1 aromatic heterocycles. The molecular weight excluding hydrogens is 379 g/mol. The van der Waals surface area contributed by atoms with E-state index in [-0.39, 0.29) is 17.5 Å². The molecule has 4 rings (SSSR count). The van der Waals surface area contributed by atoms with Gasteiger partial charge in [0.2, 0.25) is 5.95 Å². The Morgan fingerprint density at radius 1 is 1.11 bits per heavy atom. The van der Waals surface area contributed by atoms with Gasteiger partial charge in [-0.1, -0.05) is 35.9 Å². The molecule has 1 aliphatic rings. The van der Waals surface area contributed by atoms with Crippen molar-refractivity contribution in [2.24, 2.45) is 0 Å². The zero-order chi connectivity index (χ0) is 19.5. The zero-order valence-electron chi connectivity index (χ0n) is 15.2. The summed E-state index contributed by atoms with van der Waals surface area (Å²) in [5, 5.41) is 3.92. The highest BCUT2D eigenvalue weighted by molar-refractivity contribution is 6.30. The maximum Gasteiger partial charge on any atom is 0.352 e. The molecular formula is C21H20ClFN4O. The van der Waals surface area contributed by atoms with Crippen molar-refractivity contribution in [3.63, 3.8) is 0 Å². The minimum absolute atomic E-state index is 0.196. The van der Waals surface area contributed by atoms with Crippen LogP contribution in [0.3, 0.4) is 0 Å². The molecule has 0 bridgehead atoms. The Hall–Kier alpha value is -2.73. The summed E-state index contributed by atoms with van der Waals surface area (Å²) in [5.74, 6) is 0.509. The van der Waals surface area contributed by atoms with Crippen LogP contribution in [-0.4, -0.2) is 20.6 Å². The second-order valence-electron chi connectivity index (χ2n) is 7.12. The van der Waals surface area contributed by atoms with Gasteiger partial charge >= 0.3 is 5.69 Å². The normalized spacial score (nSPS) is 18.9. The number of nitrogens with zero attached hydrogens (tertiary/aromatic N) is 3. The number of anilines is 1. The van der Waals surface area contributed by atoms with Crippen molar-refractivity contribution in [2.75, 3.05) is 5.32 Å². The molecule has 0 spiro atoms. The van der Waals surface area contributed by atoms with E-state index in [1.807, 2.05) is 24.3 Å². The first-order chi connectivity index (χ1) is 13.6. The largest absolute Gasteiger partial charge is 0.352 e. The lowest BCUT2D eigenvalue weighted by atomic mass is 9.97. The first-order valence-electron chi connectivity index (χ1n) is 9.27. The van der Waals surface area contributed by atoms with Crippen molar-refractivity contribution in [3.8, 4) is 0 Å². The van der Waals surface area contributed by atoms with Crippen molar-refractivity contribution >= 4 is 17.5 Å². The monoisotopic (exact) mass is 398 g/mol. The molecule has 1 fully saturated rings. The van der Waals surface area contributed by atoms with Crippen molar-refractivity contribution < 1.29 is 4.39 Å². The van der Waals surface area contributed by atoms with Crippen LogP contribution in [0.5, 0.6) is 0 Å². The molecule has 1 saturated carbocycles. The summed E-state index contributed by atoms with van der Waals surface area (Å²) in [4.78, 5) is 20.7. The van der Waals surface area contributed by atoms with Gasteiger partial charge in [0.15, 0.2) is 0 Å². The number of aromatic nitrogens is 3. The SMILES string of the molecule is O=c1nc(NC2CCC(c3ccc(F)cc3)C2)ncn1Cc1ccc(Cl)cc1. The van der Waals surface area contributed by atoms with Gasteiger partial charge in [-0.05, 0) is 60.6 Å². The molecule has 1 aliphatic carbocycles. The van der Waals surface area contributed by atoms with Crippen LogP contribution in [0.4, 0.5) is 10.3 Å². The van der Waals surface area contributed by atoms with Gasteiger partial charge in [0.1, 0.15) is 12.1 Å². The van der Waals surface area contributed by atoms with Crippen molar-refractivity contribution in [3.05, 3.63) is 87.3 Å². The molecule has 5 nitrogen and oxygen atoms in total. The fraction of sp³-hybridized carbons (Fsp3) is 0.286. The summed E-state index contributed by atoms with van der Waals surface area (Å²) in [6, 6.07) is 14.2. The molecule has 2 atom stereocenters. The lowest BCUT2D eigenvalue weighted by molar-refractivity contribution is 0.624. The quantitative estimate of drug-likeness (QED) is 0.698. The Kier molecular flexibility index (Phi) is 5.39. The highest BCUT2D eigenvalue weighted by atomic mass is 35.5.